The van der Waals surface area contributed by atoms with E-state index in [1.807, 2.05) is 12.1 Å². The van der Waals surface area contributed by atoms with Gasteiger partial charge in [-0.1, -0.05) is 23.2 Å². The Labute approximate surface area is 117 Å². The molecule has 1 atom stereocenters. The summed E-state index contributed by atoms with van der Waals surface area (Å²) < 4.78 is 22.6. The first kappa shape index (κ1) is 14.1. The largest absolute Gasteiger partial charge is 0.312 e. The van der Waals surface area contributed by atoms with E-state index in [2.05, 4.69) is 5.32 Å². The summed E-state index contributed by atoms with van der Waals surface area (Å²) in [5.74, 6) is 0.850. The third kappa shape index (κ3) is 4.12. The summed E-state index contributed by atoms with van der Waals surface area (Å²) in [6.45, 7) is 1.36. The monoisotopic (exact) mass is 307 g/mol. The minimum Gasteiger partial charge on any atom is -0.312 e. The number of hydrogen-bond acceptors (Lipinski definition) is 3. The molecule has 0 saturated carbocycles. The van der Waals surface area contributed by atoms with Crippen LogP contribution >= 0.6 is 23.2 Å². The number of sulfone groups is 1. The molecule has 2 rings (SSSR count). The second-order valence-electron chi connectivity index (χ2n) is 4.68. The third-order valence-corrected chi connectivity index (χ3v) is 5.28. The first-order chi connectivity index (χ1) is 8.44. The van der Waals surface area contributed by atoms with Gasteiger partial charge in [-0.2, -0.15) is 0 Å². The maximum atomic E-state index is 11.3. The van der Waals surface area contributed by atoms with Gasteiger partial charge in [-0.3, -0.25) is 0 Å². The van der Waals surface area contributed by atoms with E-state index >= 15 is 0 Å². The first-order valence-corrected chi connectivity index (χ1v) is 8.38. The Kier molecular flexibility index (Phi) is 4.54. The molecular weight excluding hydrogens is 293 g/mol. The summed E-state index contributed by atoms with van der Waals surface area (Å²) in [4.78, 5) is 0. The van der Waals surface area contributed by atoms with Crippen LogP contribution in [0.1, 0.15) is 12.0 Å². The Morgan fingerprint density at radius 1 is 1.22 bits per heavy atom. The van der Waals surface area contributed by atoms with Crippen LogP contribution in [0, 0.1) is 5.92 Å². The molecule has 3 nitrogen and oxygen atoms in total. The van der Waals surface area contributed by atoms with Crippen molar-refractivity contribution in [2.45, 2.75) is 13.0 Å². The fourth-order valence-corrected chi connectivity index (χ4v) is 4.60. The molecule has 1 fully saturated rings. The summed E-state index contributed by atoms with van der Waals surface area (Å²) in [6.07, 6.45) is 0.756. The highest BCUT2D eigenvalue weighted by molar-refractivity contribution is 7.91. The predicted octanol–water partition coefficient (Wildman–Crippen LogP) is 2.52. The van der Waals surface area contributed by atoms with Crippen LogP contribution in [0.15, 0.2) is 18.2 Å². The van der Waals surface area contributed by atoms with Gasteiger partial charge < -0.3 is 5.32 Å². The molecule has 1 N–H and O–H groups in total. The molecular formula is C12H15Cl2NO2S. The molecule has 1 aliphatic heterocycles. The molecule has 6 heteroatoms. The Bertz CT molecular complexity index is 511. The van der Waals surface area contributed by atoms with E-state index in [9.17, 15) is 8.42 Å². The Balaban J connectivity index is 1.82. The maximum Gasteiger partial charge on any atom is 0.150 e. The van der Waals surface area contributed by atoms with E-state index < -0.39 is 9.84 Å². The highest BCUT2D eigenvalue weighted by atomic mass is 35.5. The quantitative estimate of drug-likeness (QED) is 0.929. The first-order valence-electron chi connectivity index (χ1n) is 5.81. The summed E-state index contributed by atoms with van der Waals surface area (Å²) in [7, 11) is -2.79. The zero-order valence-corrected chi connectivity index (χ0v) is 12.2. The Hall–Kier alpha value is -0.290. The molecule has 1 aliphatic rings. The normalized spacial score (nSPS) is 22.2. The van der Waals surface area contributed by atoms with Crippen molar-refractivity contribution in [3.05, 3.63) is 33.8 Å². The average Bonchev–Trinajstić information content (AvgIpc) is 2.57. The highest BCUT2D eigenvalue weighted by Crippen LogP contribution is 2.20. The van der Waals surface area contributed by atoms with Gasteiger partial charge in [0.25, 0.3) is 0 Å². The molecule has 1 aromatic carbocycles. The molecule has 0 aromatic heterocycles. The predicted molar refractivity (Wildman–Crippen MR) is 74.9 cm³/mol. The van der Waals surface area contributed by atoms with Gasteiger partial charge in [0.1, 0.15) is 0 Å². The zero-order valence-electron chi connectivity index (χ0n) is 9.83. The van der Waals surface area contributed by atoms with Gasteiger partial charge in [0.15, 0.2) is 9.84 Å². The Morgan fingerprint density at radius 3 is 2.44 bits per heavy atom. The Morgan fingerprint density at radius 2 is 1.89 bits per heavy atom. The van der Waals surface area contributed by atoms with Gasteiger partial charge in [-0.05, 0) is 42.6 Å². The molecule has 0 aliphatic carbocycles. The molecule has 100 valence electrons. The topological polar surface area (TPSA) is 46.2 Å². The fraction of sp³-hybridized carbons (Fsp3) is 0.500. The van der Waals surface area contributed by atoms with Crippen molar-refractivity contribution in [3.8, 4) is 0 Å². The molecule has 0 spiro atoms. The molecule has 1 saturated heterocycles. The van der Waals surface area contributed by atoms with Crippen molar-refractivity contribution in [1.82, 2.24) is 5.32 Å². The molecule has 0 amide bonds. The lowest BCUT2D eigenvalue weighted by atomic mass is 10.1. The number of hydrogen-bond donors (Lipinski definition) is 1. The summed E-state index contributed by atoms with van der Waals surface area (Å²) in [5, 5.41) is 4.48. The summed E-state index contributed by atoms with van der Waals surface area (Å²) in [6, 6.07) is 5.40. The molecule has 0 bridgehead atoms. The van der Waals surface area contributed by atoms with Crippen LogP contribution in [0.2, 0.25) is 10.0 Å². The second kappa shape index (κ2) is 5.78. The number of halogens is 2. The van der Waals surface area contributed by atoms with Gasteiger partial charge in [0, 0.05) is 16.6 Å². The van der Waals surface area contributed by atoms with E-state index in [0.29, 0.717) is 34.6 Å². The standard InChI is InChI=1S/C12H15Cl2NO2S/c13-11-3-10(4-12(14)5-11)7-15-6-9-1-2-18(16,17)8-9/h3-5,9,15H,1-2,6-8H2. The van der Waals surface area contributed by atoms with Crippen LogP contribution < -0.4 is 5.32 Å². The van der Waals surface area contributed by atoms with Crippen molar-refractivity contribution in [1.29, 1.82) is 0 Å². The van der Waals surface area contributed by atoms with Gasteiger partial charge >= 0.3 is 0 Å². The molecule has 1 heterocycles. The van der Waals surface area contributed by atoms with Crippen LogP contribution in [0.4, 0.5) is 0 Å². The fourth-order valence-electron chi connectivity index (χ4n) is 2.17. The lowest BCUT2D eigenvalue weighted by molar-refractivity contribution is 0.521. The van der Waals surface area contributed by atoms with Gasteiger partial charge in [-0.25, -0.2) is 8.42 Å². The van der Waals surface area contributed by atoms with E-state index in [0.717, 1.165) is 12.0 Å². The van der Waals surface area contributed by atoms with Crippen LogP contribution in [0.5, 0.6) is 0 Å². The minimum atomic E-state index is -2.79. The van der Waals surface area contributed by atoms with Crippen LogP contribution in [-0.2, 0) is 16.4 Å². The van der Waals surface area contributed by atoms with Crippen LogP contribution in [-0.4, -0.2) is 26.5 Å². The lowest BCUT2D eigenvalue weighted by Crippen LogP contribution is -2.23. The van der Waals surface area contributed by atoms with E-state index in [1.165, 1.54) is 0 Å². The smallest absolute Gasteiger partial charge is 0.150 e. The molecule has 18 heavy (non-hydrogen) atoms. The van der Waals surface area contributed by atoms with Crippen molar-refractivity contribution in [2.24, 2.45) is 5.92 Å². The van der Waals surface area contributed by atoms with Crippen molar-refractivity contribution in [2.75, 3.05) is 18.1 Å². The average molecular weight is 308 g/mol. The number of rotatable bonds is 4. The second-order valence-corrected chi connectivity index (χ2v) is 7.78. The molecule has 0 radical (unpaired) electrons. The SMILES string of the molecule is O=S1(=O)CCC(CNCc2cc(Cl)cc(Cl)c2)C1. The van der Waals surface area contributed by atoms with Crippen LogP contribution in [0.3, 0.4) is 0 Å². The zero-order chi connectivity index (χ0) is 13.2. The summed E-state index contributed by atoms with van der Waals surface area (Å²) in [5.41, 5.74) is 1.01. The maximum absolute atomic E-state index is 11.3. The van der Waals surface area contributed by atoms with Crippen molar-refractivity contribution in [3.63, 3.8) is 0 Å². The highest BCUT2D eigenvalue weighted by Gasteiger charge is 2.27. The van der Waals surface area contributed by atoms with Gasteiger partial charge in [-0.15, -0.1) is 0 Å². The van der Waals surface area contributed by atoms with Crippen molar-refractivity contribution < 1.29 is 8.42 Å². The summed E-state index contributed by atoms with van der Waals surface area (Å²) >= 11 is 11.8. The van der Waals surface area contributed by atoms with Gasteiger partial charge in [0.05, 0.1) is 11.5 Å². The van der Waals surface area contributed by atoms with Crippen molar-refractivity contribution >= 4 is 33.0 Å². The molecule has 1 aromatic rings. The van der Waals surface area contributed by atoms with E-state index in [-0.39, 0.29) is 5.92 Å². The molecule has 1 unspecified atom stereocenters. The van der Waals surface area contributed by atoms with E-state index in [4.69, 9.17) is 23.2 Å². The minimum absolute atomic E-state index is 0.227. The lowest BCUT2D eigenvalue weighted by Gasteiger charge is -2.10. The van der Waals surface area contributed by atoms with Gasteiger partial charge in [0.2, 0.25) is 0 Å². The van der Waals surface area contributed by atoms with E-state index in [1.54, 1.807) is 6.07 Å². The number of benzene rings is 1. The van der Waals surface area contributed by atoms with Crippen LogP contribution in [0.25, 0.3) is 0 Å². The number of nitrogens with one attached hydrogen (secondary N) is 1. The third-order valence-electron chi connectivity index (χ3n) is 3.01.